The Morgan fingerprint density at radius 2 is 2.21 bits per heavy atom. The van der Waals surface area contributed by atoms with Crippen molar-refractivity contribution in [1.29, 1.82) is 0 Å². The summed E-state index contributed by atoms with van der Waals surface area (Å²) in [5.41, 5.74) is 1.75. The van der Waals surface area contributed by atoms with Crippen LogP contribution in [0.15, 0.2) is 18.2 Å². The SMILES string of the molecule is CCNCc1ccc(N2CCC(N(C)C)C2)c(F)c1. The number of halogens is 1. The van der Waals surface area contributed by atoms with Crippen molar-refractivity contribution in [3.8, 4) is 0 Å². The Hall–Kier alpha value is -1.13. The fourth-order valence-corrected chi connectivity index (χ4v) is 2.57. The van der Waals surface area contributed by atoms with Crippen LogP contribution in [0.3, 0.4) is 0 Å². The van der Waals surface area contributed by atoms with E-state index in [4.69, 9.17) is 0 Å². The average Bonchev–Trinajstić information content (AvgIpc) is 2.86. The summed E-state index contributed by atoms with van der Waals surface area (Å²) in [5, 5.41) is 3.22. The van der Waals surface area contributed by atoms with Gasteiger partial charge in [-0.1, -0.05) is 13.0 Å². The Bertz CT molecular complexity index is 420. The molecule has 1 aromatic carbocycles. The van der Waals surface area contributed by atoms with Crippen LogP contribution in [0.4, 0.5) is 10.1 Å². The van der Waals surface area contributed by atoms with Crippen LogP contribution in [0, 0.1) is 5.82 Å². The number of rotatable bonds is 5. The number of hydrogen-bond acceptors (Lipinski definition) is 3. The van der Waals surface area contributed by atoms with E-state index in [0.717, 1.165) is 43.9 Å². The molecular formula is C15H24FN3. The van der Waals surface area contributed by atoms with E-state index in [9.17, 15) is 4.39 Å². The van der Waals surface area contributed by atoms with Gasteiger partial charge < -0.3 is 15.1 Å². The second-order valence-corrected chi connectivity index (χ2v) is 5.42. The molecule has 0 bridgehead atoms. The van der Waals surface area contributed by atoms with Crippen molar-refractivity contribution < 1.29 is 4.39 Å². The zero-order valence-electron chi connectivity index (χ0n) is 12.1. The van der Waals surface area contributed by atoms with Crippen LogP contribution in [0.2, 0.25) is 0 Å². The van der Waals surface area contributed by atoms with Gasteiger partial charge in [0.2, 0.25) is 0 Å². The van der Waals surface area contributed by atoms with Gasteiger partial charge in [0.05, 0.1) is 5.69 Å². The number of hydrogen-bond donors (Lipinski definition) is 1. The molecule has 4 heteroatoms. The maximum absolute atomic E-state index is 14.2. The Kier molecular flexibility index (Phi) is 4.77. The van der Waals surface area contributed by atoms with Crippen molar-refractivity contribution in [2.75, 3.05) is 38.6 Å². The topological polar surface area (TPSA) is 18.5 Å². The number of anilines is 1. The van der Waals surface area contributed by atoms with E-state index in [2.05, 4.69) is 36.1 Å². The van der Waals surface area contributed by atoms with E-state index in [1.165, 1.54) is 0 Å². The van der Waals surface area contributed by atoms with Gasteiger partial charge in [-0.15, -0.1) is 0 Å². The molecule has 19 heavy (non-hydrogen) atoms. The van der Waals surface area contributed by atoms with Crippen LogP contribution in [0.1, 0.15) is 18.9 Å². The highest BCUT2D eigenvalue weighted by molar-refractivity contribution is 5.50. The third-order valence-electron chi connectivity index (χ3n) is 3.83. The van der Waals surface area contributed by atoms with E-state index < -0.39 is 0 Å². The summed E-state index contributed by atoms with van der Waals surface area (Å²) >= 11 is 0. The average molecular weight is 265 g/mol. The molecule has 0 aliphatic carbocycles. The Balaban J connectivity index is 2.05. The van der Waals surface area contributed by atoms with Gasteiger partial charge in [-0.2, -0.15) is 0 Å². The van der Waals surface area contributed by atoms with Crippen molar-refractivity contribution >= 4 is 5.69 Å². The molecule has 0 radical (unpaired) electrons. The van der Waals surface area contributed by atoms with E-state index in [0.29, 0.717) is 6.04 Å². The first-order valence-corrected chi connectivity index (χ1v) is 7.02. The van der Waals surface area contributed by atoms with E-state index in [1.807, 2.05) is 12.1 Å². The van der Waals surface area contributed by atoms with Gasteiger partial charge in [0.1, 0.15) is 5.82 Å². The summed E-state index contributed by atoms with van der Waals surface area (Å²) in [6, 6.07) is 6.12. The number of likely N-dealkylation sites (N-methyl/N-ethyl adjacent to an activating group) is 1. The standard InChI is InChI=1S/C15H24FN3/c1-4-17-10-12-5-6-15(14(16)9-12)19-8-7-13(11-19)18(2)3/h5-6,9,13,17H,4,7-8,10-11H2,1-3H3. The van der Waals surface area contributed by atoms with Gasteiger partial charge in [-0.05, 0) is 44.8 Å². The van der Waals surface area contributed by atoms with Gasteiger partial charge in [0.15, 0.2) is 0 Å². The third kappa shape index (κ3) is 3.45. The van der Waals surface area contributed by atoms with E-state index in [-0.39, 0.29) is 5.82 Å². The zero-order valence-corrected chi connectivity index (χ0v) is 12.1. The van der Waals surface area contributed by atoms with Gasteiger partial charge in [0, 0.05) is 25.7 Å². The minimum atomic E-state index is -0.102. The summed E-state index contributed by atoms with van der Waals surface area (Å²) in [6.45, 7) is 5.53. The Morgan fingerprint density at radius 3 is 2.79 bits per heavy atom. The highest BCUT2D eigenvalue weighted by atomic mass is 19.1. The molecule has 1 unspecified atom stereocenters. The second kappa shape index (κ2) is 6.35. The molecule has 1 aromatic rings. The summed E-state index contributed by atoms with van der Waals surface area (Å²) in [4.78, 5) is 4.37. The number of nitrogens with zero attached hydrogens (tertiary/aromatic N) is 2. The van der Waals surface area contributed by atoms with Crippen molar-refractivity contribution in [2.24, 2.45) is 0 Å². The summed E-state index contributed by atoms with van der Waals surface area (Å²) in [7, 11) is 4.17. The smallest absolute Gasteiger partial charge is 0.146 e. The lowest BCUT2D eigenvalue weighted by Gasteiger charge is -2.22. The molecule has 1 aliphatic rings. The largest absolute Gasteiger partial charge is 0.368 e. The van der Waals surface area contributed by atoms with Gasteiger partial charge in [-0.25, -0.2) is 4.39 Å². The van der Waals surface area contributed by atoms with Gasteiger partial charge in [0.25, 0.3) is 0 Å². The summed E-state index contributed by atoms with van der Waals surface area (Å²) in [6.07, 6.45) is 1.10. The van der Waals surface area contributed by atoms with Gasteiger partial charge >= 0.3 is 0 Å². The van der Waals surface area contributed by atoms with Crippen molar-refractivity contribution in [3.05, 3.63) is 29.6 Å². The molecule has 1 saturated heterocycles. The van der Waals surface area contributed by atoms with Crippen LogP contribution in [-0.2, 0) is 6.54 Å². The molecule has 1 fully saturated rings. The van der Waals surface area contributed by atoms with Crippen LogP contribution in [-0.4, -0.2) is 44.7 Å². The van der Waals surface area contributed by atoms with Gasteiger partial charge in [-0.3, -0.25) is 0 Å². The molecule has 1 aliphatic heterocycles. The fourth-order valence-electron chi connectivity index (χ4n) is 2.57. The van der Waals surface area contributed by atoms with Crippen LogP contribution >= 0.6 is 0 Å². The number of nitrogens with one attached hydrogen (secondary N) is 1. The lowest BCUT2D eigenvalue weighted by Crippen LogP contribution is -2.31. The predicted molar refractivity (Wildman–Crippen MR) is 78.1 cm³/mol. The first-order valence-electron chi connectivity index (χ1n) is 7.02. The molecule has 0 aromatic heterocycles. The van der Waals surface area contributed by atoms with Crippen molar-refractivity contribution in [1.82, 2.24) is 10.2 Å². The first kappa shape index (κ1) is 14.3. The molecule has 3 nitrogen and oxygen atoms in total. The molecule has 0 saturated carbocycles. The lowest BCUT2D eigenvalue weighted by atomic mass is 10.2. The predicted octanol–water partition coefficient (Wildman–Crippen LogP) is 2.08. The second-order valence-electron chi connectivity index (χ2n) is 5.42. The molecule has 0 spiro atoms. The fraction of sp³-hybridized carbons (Fsp3) is 0.600. The third-order valence-corrected chi connectivity index (χ3v) is 3.83. The van der Waals surface area contributed by atoms with Crippen LogP contribution < -0.4 is 10.2 Å². The quantitative estimate of drug-likeness (QED) is 0.879. The van der Waals surface area contributed by atoms with Crippen molar-refractivity contribution in [3.63, 3.8) is 0 Å². The molecule has 106 valence electrons. The van der Waals surface area contributed by atoms with Crippen LogP contribution in [0.5, 0.6) is 0 Å². The van der Waals surface area contributed by atoms with Crippen molar-refractivity contribution in [2.45, 2.75) is 25.9 Å². The zero-order chi connectivity index (χ0) is 13.8. The monoisotopic (exact) mass is 265 g/mol. The minimum absolute atomic E-state index is 0.102. The highest BCUT2D eigenvalue weighted by Gasteiger charge is 2.25. The maximum atomic E-state index is 14.2. The van der Waals surface area contributed by atoms with E-state index >= 15 is 0 Å². The molecule has 0 amide bonds. The summed E-state index contributed by atoms with van der Waals surface area (Å²) in [5.74, 6) is -0.102. The maximum Gasteiger partial charge on any atom is 0.146 e. The molecular weight excluding hydrogens is 241 g/mol. The molecule has 1 heterocycles. The van der Waals surface area contributed by atoms with Crippen LogP contribution in [0.25, 0.3) is 0 Å². The Labute approximate surface area is 115 Å². The first-order chi connectivity index (χ1) is 9.11. The molecule has 2 rings (SSSR count). The summed E-state index contributed by atoms with van der Waals surface area (Å²) < 4.78 is 14.2. The normalized spacial score (nSPS) is 19.4. The lowest BCUT2D eigenvalue weighted by molar-refractivity contribution is 0.315. The molecule has 1 N–H and O–H groups in total. The minimum Gasteiger partial charge on any atom is -0.368 e. The van der Waals surface area contributed by atoms with E-state index in [1.54, 1.807) is 6.07 Å². The molecule has 1 atom stereocenters. The number of benzene rings is 1. The Morgan fingerprint density at radius 1 is 1.42 bits per heavy atom. The highest BCUT2D eigenvalue weighted by Crippen LogP contribution is 2.25.